The Morgan fingerprint density at radius 2 is 1.75 bits per heavy atom. The summed E-state index contributed by atoms with van der Waals surface area (Å²) in [4.78, 5) is 10.4. The van der Waals surface area contributed by atoms with Crippen LogP contribution in [0.4, 0.5) is 0 Å². The van der Waals surface area contributed by atoms with Crippen molar-refractivity contribution in [2.24, 2.45) is 11.8 Å². The third-order valence-corrected chi connectivity index (χ3v) is 4.16. The Morgan fingerprint density at radius 1 is 1.25 bits per heavy atom. The van der Waals surface area contributed by atoms with Crippen LogP contribution in [-0.2, 0) is 14.8 Å². The number of hydrogen-bond donors (Lipinski definition) is 2. The molecule has 0 radical (unpaired) electrons. The van der Waals surface area contributed by atoms with E-state index in [1.54, 1.807) is 0 Å². The molecule has 1 aliphatic rings. The third kappa shape index (κ3) is 4.49. The first-order chi connectivity index (χ1) is 7.28. The molecule has 0 heterocycles. The number of aliphatic carboxylic acids is 1. The summed E-state index contributed by atoms with van der Waals surface area (Å²) >= 11 is 0. The van der Waals surface area contributed by atoms with Crippen LogP contribution in [0.5, 0.6) is 0 Å². The SMILES string of the molecule is CC1CC(C)CC(NS(=O)(=O)CC(=O)O)C1. The van der Waals surface area contributed by atoms with Gasteiger partial charge in [-0.2, -0.15) is 0 Å². The lowest BCUT2D eigenvalue weighted by atomic mass is 9.81. The zero-order valence-corrected chi connectivity index (χ0v) is 10.5. The quantitative estimate of drug-likeness (QED) is 0.772. The van der Waals surface area contributed by atoms with Gasteiger partial charge >= 0.3 is 5.97 Å². The van der Waals surface area contributed by atoms with Crippen molar-refractivity contribution in [1.29, 1.82) is 0 Å². The lowest BCUT2D eigenvalue weighted by Crippen LogP contribution is -2.42. The fraction of sp³-hybridized carbons (Fsp3) is 0.900. The van der Waals surface area contributed by atoms with Crippen LogP contribution in [0.15, 0.2) is 0 Å². The van der Waals surface area contributed by atoms with Gasteiger partial charge in [0, 0.05) is 6.04 Å². The van der Waals surface area contributed by atoms with E-state index in [1.165, 1.54) is 0 Å². The van der Waals surface area contributed by atoms with Gasteiger partial charge in [0.15, 0.2) is 5.75 Å². The Kier molecular flexibility index (Phi) is 4.32. The molecule has 16 heavy (non-hydrogen) atoms. The molecule has 1 saturated carbocycles. The summed E-state index contributed by atoms with van der Waals surface area (Å²) in [5, 5.41) is 8.46. The maximum absolute atomic E-state index is 11.4. The van der Waals surface area contributed by atoms with Crippen molar-refractivity contribution in [2.45, 2.75) is 39.2 Å². The first kappa shape index (κ1) is 13.4. The Hall–Kier alpha value is -0.620. The van der Waals surface area contributed by atoms with E-state index in [0.29, 0.717) is 11.8 Å². The van der Waals surface area contributed by atoms with Crippen molar-refractivity contribution in [3.05, 3.63) is 0 Å². The zero-order valence-electron chi connectivity index (χ0n) is 9.64. The molecule has 2 atom stereocenters. The summed E-state index contributed by atoms with van der Waals surface area (Å²) in [5.41, 5.74) is 0. The number of rotatable bonds is 4. The van der Waals surface area contributed by atoms with Gasteiger partial charge in [0.05, 0.1) is 0 Å². The average Bonchev–Trinajstić information content (AvgIpc) is 1.95. The number of nitrogens with one attached hydrogen (secondary N) is 1. The minimum absolute atomic E-state index is 0.108. The topological polar surface area (TPSA) is 83.5 Å². The molecule has 0 aliphatic heterocycles. The fourth-order valence-electron chi connectivity index (χ4n) is 2.50. The minimum Gasteiger partial charge on any atom is -0.480 e. The molecule has 0 spiro atoms. The Morgan fingerprint density at radius 3 is 2.19 bits per heavy atom. The van der Waals surface area contributed by atoms with Gasteiger partial charge in [-0.1, -0.05) is 13.8 Å². The van der Waals surface area contributed by atoms with Crippen LogP contribution in [0, 0.1) is 11.8 Å². The molecule has 0 aromatic carbocycles. The largest absolute Gasteiger partial charge is 0.480 e. The summed E-state index contributed by atoms with van der Waals surface area (Å²) < 4.78 is 25.3. The van der Waals surface area contributed by atoms with Crippen molar-refractivity contribution in [3.63, 3.8) is 0 Å². The smallest absolute Gasteiger partial charge is 0.320 e. The second-order valence-corrected chi connectivity index (χ2v) is 6.64. The van der Waals surface area contributed by atoms with Gasteiger partial charge in [-0.25, -0.2) is 13.1 Å². The Balaban J connectivity index is 2.56. The number of carboxylic acid groups (broad SMARTS) is 1. The predicted molar refractivity (Wildman–Crippen MR) is 60.5 cm³/mol. The van der Waals surface area contributed by atoms with E-state index in [2.05, 4.69) is 18.6 Å². The normalized spacial score (nSPS) is 31.2. The molecule has 2 N–H and O–H groups in total. The molecule has 6 heteroatoms. The number of sulfonamides is 1. The highest BCUT2D eigenvalue weighted by Crippen LogP contribution is 2.28. The van der Waals surface area contributed by atoms with Gasteiger partial charge in [-0.15, -0.1) is 0 Å². The van der Waals surface area contributed by atoms with Crippen LogP contribution < -0.4 is 4.72 Å². The third-order valence-electron chi connectivity index (χ3n) is 2.84. The first-order valence-electron chi connectivity index (χ1n) is 5.50. The molecule has 2 unspecified atom stereocenters. The van der Waals surface area contributed by atoms with Gasteiger partial charge in [-0.3, -0.25) is 4.79 Å². The molecule has 0 amide bonds. The van der Waals surface area contributed by atoms with Gasteiger partial charge in [-0.05, 0) is 31.1 Å². The highest BCUT2D eigenvalue weighted by atomic mass is 32.2. The molecule has 0 aromatic heterocycles. The number of carbonyl (C=O) groups is 1. The van der Waals surface area contributed by atoms with Crippen LogP contribution in [0.25, 0.3) is 0 Å². The van der Waals surface area contributed by atoms with Gasteiger partial charge in [0.25, 0.3) is 0 Å². The average molecular weight is 249 g/mol. The van der Waals surface area contributed by atoms with Gasteiger partial charge in [0.2, 0.25) is 10.0 Å². The number of hydrogen-bond acceptors (Lipinski definition) is 3. The van der Waals surface area contributed by atoms with Crippen LogP contribution in [0.3, 0.4) is 0 Å². The highest BCUT2D eigenvalue weighted by molar-refractivity contribution is 7.90. The zero-order chi connectivity index (χ0) is 12.3. The maximum atomic E-state index is 11.4. The molecule has 5 nitrogen and oxygen atoms in total. The van der Waals surface area contributed by atoms with E-state index in [9.17, 15) is 13.2 Å². The molecule has 0 aromatic rings. The second-order valence-electron chi connectivity index (χ2n) is 4.89. The van der Waals surface area contributed by atoms with Crippen LogP contribution >= 0.6 is 0 Å². The molecule has 1 aliphatic carbocycles. The van der Waals surface area contributed by atoms with E-state index in [1.807, 2.05) is 0 Å². The lowest BCUT2D eigenvalue weighted by Gasteiger charge is -2.31. The second kappa shape index (κ2) is 5.14. The monoisotopic (exact) mass is 249 g/mol. The van der Waals surface area contributed by atoms with E-state index in [0.717, 1.165) is 19.3 Å². The van der Waals surface area contributed by atoms with E-state index >= 15 is 0 Å². The molecule has 0 saturated heterocycles. The van der Waals surface area contributed by atoms with Gasteiger partial charge < -0.3 is 5.11 Å². The minimum atomic E-state index is -3.68. The summed E-state index contributed by atoms with van der Waals surface area (Å²) in [6.45, 7) is 4.18. The molecule has 94 valence electrons. The molecule has 1 fully saturated rings. The summed E-state index contributed by atoms with van der Waals surface area (Å²) in [6, 6.07) is -0.108. The first-order valence-corrected chi connectivity index (χ1v) is 7.15. The van der Waals surface area contributed by atoms with E-state index < -0.39 is 21.7 Å². The standard InChI is InChI=1S/C10H19NO4S/c1-7-3-8(2)5-9(4-7)11-16(14,15)6-10(12)13/h7-9,11H,3-6H2,1-2H3,(H,12,13). The molecule has 1 rings (SSSR count). The summed E-state index contributed by atoms with van der Waals surface area (Å²) in [6.07, 6.45) is 2.70. The van der Waals surface area contributed by atoms with Crippen molar-refractivity contribution >= 4 is 16.0 Å². The van der Waals surface area contributed by atoms with Crippen LogP contribution in [0.1, 0.15) is 33.1 Å². The maximum Gasteiger partial charge on any atom is 0.320 e. The molecular formula is C10H19NO4S. The Bertz CT molecular complexity index is 342. The predicted octanol–water partition coefficient (Wildman–Crippen LogP) is 0.815. The summed E-state index contributed by atoms with van der Waals surface area (Å²) in [5.74, 6) is -1.18. The molecular weight excluding hydrogens is 230 g/mol. The lowest BCUT2D eigenvalue weighted by molar-refractivity contribution is -0.134. The van der Waals surface area contributed by atoms with Crippen molar-refractivity contribution in [2.75, 3.05) is 5.75 Å². The summed E-state index contributed by atoms with van der Waals surface area (Å²) in [7, 11) is -3.68. The van der Waals surface area contributed by atoms with E-state index in [-0.39, 0.29) is 6.04 Å². The van der Waals surface area contributed by atoms with Crippen LogP contribution in [-0.4, -0.2) is 31.3 Å². The van der Waals surface area contributed by atoms with Crippen LogP contribution in [0.2, 0.25) is 0 Å². The molecule has 0 bridgehead atoms. The van der Waals surface area contributed by atoms with Crippen molar-refractivity contribution < 1.29 is 18.3 Å². The van der Waals surface area contributed by atoms with Gasteiger partial charge in [0.1, 0.15) is 0 Å². The van der Waals surface area contributed by atoms with E-state index in [4.69, 9.17) is 5.11 Å². The van der Waals surface area contributed by atoms with Crippen molar-refractivity contribution in [1.82, 2.24) is 4.72 Å². The van der Waals surface area contributed by atoms with Crippen molar-refractivity contribution in [3.8, 4) is 0 Å². The fourth-order valence-corrected chi connectivity index (χ4v) is 3.61. The number of carboxylic acids is 1. The Labute approximate surface area is 96.3 Å². The highest BCUT2D eigenvalue weighted by Gasteiger charge is 2.28.